The van der Waals surface area contributed by atoms with E-state index in [0.717, 1.165) is 39.1 Å². The number of nitrogens with zero attached hydrogens (tertiary/aromatic N) is 2. The minimum atomic E-state index is -0.572. The topological polar surface area (TPSA) is 87.9 Å². The van der Waals surface area contributed by atoms with Crippen LogP contribution in [0.15, 0.2) is 0 Å². The highest BCUT2D eigenvalue weighted by molar-refractivity contribution is 5.87. The normalized spacial score (nSPS) is 17.2. The van der Waals surface area contributed by atoms with Gasteiger partial charge in [0.05, 0.1) is 25.3 Å². The minimum Gasteiger partial charge on any atom is -0.377 e. The summed E-state index contributed by atoms with van der Waals surface area (Å²) in [5.41, 5.74) is 5.77. The number of amides is 2. The van der Waals surface area contributed by atoms with Crippen molar-refractivity contribution in [1.29, 1.82) is 0 Å². The number of carbonyl (C=O) groups excluding carboxylic acids is 2. The van der Waals surface area contributed by atoms with Crippen molar-refractivity contribution in [3.8, 4) is 0 Å². The molecule has 0 aromatic heterocycles. The number of nitrogens with one attached hydrogen (secondary N) is 1. The second-order valence-electron chi connectivity index (χ2n) is 6.97. The zero-order valence-electron chi connectivity index (χ0n) is 16.3. The standard InChI is InChI=1S/C18H36N4O3/c1-5-21(6-2)11-12-25-15-7-9-22(10-8-15)16(23)13-20-18(24)17(19)14(3)4/h14-15,17H,5-13,19H2,1-4H3,(H,20,24)/t17-/m0/s1. The molecular weight excluding hydrogens is 320 g/mol. The Kier molecular flexibility index (Phi) is 10.0. The Balaban J connectivity index is 2.22. The third-order valence-corrected chi connectivity index (χ3v) is 4.89. The van der Waals surface area contributed by atoms with E-state index in [-0.39, 0.29) is 30.4 Å². The number of hydrogen-bond donors (Lipinski definition) is 2. The van der Waals surface area contributed by atoms with Gasteiger partial charge >= 0.3 is 0 Å². The summed E-state index contributed by atoms with van der Waals surface area (Å²) in [4.78, 5) is 28.2. The molecule has 3 N–H and O–H groups in total. The van der Waals surface area contributed by atoms with Gasteiger partial charge in [-0.2, -0.15) is 0 Å². The van der Waals surface area contributed by atoms with Gasteiger partial charge in [-0.1, -0.05) is 27.7 Å². The Bertz CT molecular complexity index is 405. The van der Waals surface area contributed by atoms with Gasteiger partial charge in [0.15, 0.2) is 0 Å². The Morgan fingerprint density at radius 1 is 1.24 bits per heavy atom. The molecule has 1 aliphatic rings. The summed E-state index contributed by atoms with van der Waals surface area (Å²) in [5, 5.41) is 2.64. The molecule has 7 heteroatoms. The monoisotopic (exact) mass is 356 g/mol. The first kappa shape index (κ1) is 21.9. The molecule has 1 fully saturated rings. The van der Waals surface area contributed by atoms with Gasteiger partial charge in [0, 0.05) is 19.6 Å². The van der Waals surface area contributed by atoms with E-state index in [2.05, 4.69) is 24.1 Å². The smallest absolute Gasteiger partial charge is 0.241 e. The lowest BCUT2D eigenvalue weighted by Gasteiger charge is -2.32. The van der Waals surface area contributed by atoms with Crippen molar-refractivity contribution in [3.05, 3.63) is 0 Å². The summed E-state index contributed by atoms with van der Waals surface area (Å²) in [6, 6.07) is -0.572. The van der Waals surface area contributed by atoms with Crippen molar-refractivity contribution in [2.24, 2.45) is 11.7 Å². The summed E-state index contributed by atoms with van der Waals surface area (Å²) < 4.78 is 5.94. The quantitative estimate of drug-likeness (QED) is 0.593. The average molecular weight is 357 g/mol. The molecule has 1 atom stereocenters. The van der Waals surface area contributed by atoms with Crippen LogP contribution in [0.25, 0.3) is 0 Å². The molecule has 1 rings (SSSR count). The van der Waals surface area contributed by atoms with Gasteiger partial charge in [-0.05, 0) is 31.8 Å². The number of piperidine rings is 1. The molecule has 0 radical (unpaired) electrons. The largest absolute Gasteiger partial charge is 0.377 e. The van der Waals surface area contributed by atoms with Gasteiger partial charge in [0.1, 0.15) is 0 Å². The van der Waals surface area contributed by atoms with E-state index in [9.17, 15) is 9.59 Å². The van der Waals surface area contributed by atoms with Crippen LogP contribution >= 0.6 is 0 Å². The molecule has 0 aromatic rings. The van der Waals surface area contributed by atoms with Crippen LogP contribution in [0.4, 0.5) is 0 Å². The first-order chi connectivity index (χ1) is 11.9. The highest BCUT2D eigenvalue weighted by atomic mass is 16.5. The molecule has 7 nitrogen and oxygen atoms in total. The predicted octanol–water partition coefficient (Wildman–Crippen LogP) is 0.435. The number of nitrogens with two attached hydrogens (primary N) is 1. The summed E-state index contributed by atoms with van der Waals surface area (Å²) in [6.45, 7) is 13.2. The molecule has 0 saturated carbocycles. The zero-order valence-corrected chi connectivity index (χ0v) is 16.3. The molecule has 146 valence electrons. The molecule has 1 saturated heterocycles. The highest BCUT2D eigenvalue weighted by Gasteiger charge is 2.24. The van der Waals surface area contributed by atoms with E-state index in [1.54, 1.807) is 4.90 Å². The Hall–Kier alpha value is -1.18. The molecule has 0 aliphatic carbocycles. The number of likely N-dealkylation sites (N-methyl/N-ethyl adjacent to an activating group) is 1. The Morgan fingerprint density at radius 3 is 2.36 bits per heavy atom. The number of rotatable bonds is 10. The van der Waals surface area contributed by atoms with E-state index < -0.39 is 6.04 Å². The van der Waals surface area contributed by atoms with Crippen LogP contribution in [0.2, 0.25) is 0 Å². The second kappa shape index (κ2) is 11.4. The van der Waals surface area contributed by atoms with Crippen LogP contribution in [0.3, 0.4) is 0 Å². The molecule has 0 bridgehead atoms. The molecule has 0 unspecified atom stereocenters. The molecular formula is C18H36N4O3. The van der Waals surface area contributed by atoms with E-state index >= 15 is 0 Å². The van der Waals surface area contributed by atoms with Crippen LogP contribution in [-0.2, 0) is 14.3 Å². The van der Waals surface area contributed by atoms with E-state index in [0.29, 0.717) is 13.1 Å². The Morgan fingerprint density at radius 2 is 1.84 bits per heavy atom. The maximum Gasteiger partial charge on any atom is 0.241 e. The van der Waals surface area contributed by atoms with E-state index in [1.807, 2.05) is 13.8 Å². The summed E-state index contributed by atoms with van der Waals surface area (Å²) in [7, 11) is 0. The Labute approximate surface area is 152 Å². The van der Waals surface area contributed by atoms with Gasteiger partial charge in [0.25, 0.3) is 0 Å². The van der Waals surface area contributed by atoms with E-state index in [4.69, 9.17) is 10.5 Å². The fourth-order valence-corrected chi connectivity index (χ4v) is 2.86. The van der Waals surface area contributed by atoms with Gasteiger partial charge in [-0.15, -0.1) is 0 Å². The predicted molar refractivity (Wildman–Crippen MR) is 99.2 cm³/mol. The number of hydrogen-bond acceptors (Lipinski definition) is 5. The van der Waals surface area contributed by atoms with Crippen LogP contribution in [0, 0.1) is 5.92 Å². The molecule has 2 amide bonds. The summed E-state index contributed by atoms with van der Waals surface area (Å²) in [5.74, 6) is -0.261. The van der Waals surface area contributed by atoms with E-state index in [1.165, 1.54) is 0 Å². The lowest BCUT2D eigenvalue weighted by atomic mass is 10.1. The van der Waals surface area contributed by atoms with Crippen molar-refractivity contribution >= 4 is 11.8 Å². The van der Waals surface area contributed by atoms with Crippen molar-refractivity contribution in [3.63, 3.8) is 0 Å². The maximum atomic E-state index is 12.2. The van der Waals surface area contributed by atoms with Gasteiger partial charge < -0.3 is 25.6 Å². The molecule has 25 heavy (non-hydrogen) atoms. The molecule has 0 spiro atoms. The van der Waals surface area contributed by atoms with Crippen LogP contribution in [-0.4, -0.2) is 79.6 Å². The number of likely N-dealkylation sites (tertiary alicyclic amines) is 1. The van der Waals surface area contributed by atoms with Crippen molar-refractivity contribution in [2.75, 3.05) is 45.9 Å². The number of carbonyl (C=O) groups is 2. The lowest BCUT2D eigenvalue weighted by Crippen LogP contribution is -2.49. The first-order valence-electron chi connectivity index (χ1n) is 9.54. The molecule has 1 aliphatic heterocycles. The van der Waals surface area contributed by atoms with Crippen LogP contribution in [0.5, 0.6) is 0 Å². The summed E-state index contributed by atoms with van der Waals surface area (Å²) in [6.07, 6.45) is 1.93. The second-order valence-corrected chi connectivity index (χ2v) is 6.97. The van der Waals surface area contributed by atoms with Crippen molar-refractivity contribution in [2.45, 2.75) is 52.7 Å². The van der Waals surface area contributed by atoms with Crippen molar-refractivity contribution in [1.82, 2.24) is 15.1 Å². The molecule has 0 aromatic carbocycles. The van der Waals surface area contributed by atoms with Crippen LogP contribution in [0.1, 0.15) is 40.5 Å². The average Bonchev–Trinajstić information content (AvgIpc) is 2.62. The zero-order chi connectivity index (χ0) is 18.8. The fourth-order valence-electron chi connectivity index (χ4n) is 2.86. The number of ether oxygens (including phenoxy) is 1. The molecule has 1 heterocycles. The highest BCUT2D eigenvalue weighted by Crippen LogP contribution is 2.13. The first-order valence-corrected chi connectivity index (χ1v) is 9.54. The minimum absolute atomic E-state index is 0.0206. The SMILES string of the molecule is CCN(CC)CCOC1CCN(C(=O)CNC(=O)[C@@H](N)C(C)C)CC1. The third kappa shape index (κ3) is 7.71. The third-order valence-electron chi connectivity index (χ3n) is 4.89. The van der Waals surface area contributed by atoms with Gasteiger partial charge in [-0.25, -0.2) is 0 Å². The van der Waals surface area contributed by atoms with Gasteiger partial charge in [0.2, 0.25) is 11.8 Å². The van der Waals surface area contributed by atoms with Gasteiger partial charge in [-0.3, -0.25) is 9.59 Å². The summed E-state index contributed by atoms with van der Waals surface area (Å²) >= 11 is 0. The van der Waals surface area contributed by atoms with Crippen LogP contribution < -0.4 is 11.1 Å². The fraction of sp³-hybridized carbons (Fsp3) is 0.889. The van der Waals surface area contributed by atoms with Crippen molar-refractivity contribution < 1.29 is 14.3 Å². The maximum absolute atomic E-state index is 12.2. The lowest BCUT2D eigenvalue weighted by molar-refractivity contribution is -0.135.